The summed E-state index contributed by atoms with van der Waals surface area (Å²) in [6.07, 6.45) is 3.39. The second-order valence-corrected chi connectivity index (χ2v) is 7.41. The third-order valence-corrected chi connectivity index (χ3v) is 5.30. The van der Waals surface area contributed by atoms with Gasteiger partial charge in [-0.3, -0.25) is 14.9 Å². The molecular formula is C16H20F2N2O3S. The number of nitro benzene ring substituents is 1. The fourth-order valence-corrected chi connectivity index (χ4v) is 4.14. The van der Waals surface area contributed by atoms with Gasteiger partial charge in [0.2, 0.25) is 5.91 Å². The van der Waals surface area contributed by atoms with Crippen molar-refractivity contribution in [2.75, 3.05) is 5.75 Å². The number of halogens is 2. The topological polar surface area (TPSA) is 72.2 Å². The maximum atomic E-state index is 13.8. The Labute approximate surface area is 143 Å². The van der Waals surface area contributed by atoms with Crippen molar-refractivity contribution in [2.24, 2.45) is 0 Å². The fraction of sp³-hybridized carbons (Fsp3) is 0.562. The smallest absolute Gasteiger partial charge is 0.275 e. The molecule has 0 heterocycles. The summed E-state index contributed by atoms with van der Waals surface area (Å²) in [6.45, 7) is 2.09. The van der Waals surface area contributed by atoms with E-state index in [-0.39, 0.29) is 6.04 Å². The van der Waals surface area contributed by atoms with Crippen molar-refractivity contribution in [3.8, 4) is 0 Å². The maximum absolute atomic E-state index is 13.8. The number of nitrogens with zero attached hydrogens (tertiary/aromatic N) is 1. The minimum Gasteiger partial charge on any atom is -0.353 e. The molecule has 0 radical (unpaired) electrons. The molecule has 1 aliphatic carbocycles. The maximum Gasteiger partial charge on any atom is 0.275 e. The van der Waals surface area contributed by atoms with E-state index in [0.717, 1.165) is 31.4 Å². The molecule has 0 aliphatic heterocycles. The zero-order valence-corrected chi connectivity index (χ0v) is 14.2. The van der Waals surface area contributed by atoms with Crippen LogP contribution in [-0.2, 0) is 11.2 Å². The highest BCUT2D eigenvalue weighted by molar-refractivity contribution is 7.99. The zero-order chi connectivity index (χ0) is 17.7. The Morgan fingerprint density at radius 3 is 2.62 bits per heavy atom. The summed E-state index contributed by atoms with van der Waals surface area (Å²) in [5, 5.41) is 13.9. The number of amides is 1. The molecule has 8 heteroatoms. The van der Waals surface area contributed by atoms with Gasteiger partial charge in [-0.25, -0.2) is 8.78 Å². The number of nitro groups is 1. The zero-order valence-electron chi connectivity index (χ0n) is 13.4. The number of hydrogen-bond donors (Lipinski definition) is 1. The third kappa shape index (κ3) is 4.90. The molecular weight excluding hydrogens is 338 g/mol. The van der Waals surface area contributed by atoms with E-state index in [1.54, 1.807) is 0 Å². The van der Waals surface area contributed by atoms with Crippen LogP contribution < -0.4 is 5.32 Å². The second-order valence-electron chi connectivity index (χ2n) is 5.83. The third-order valence-electron chi connectivity index (χ3n) is 4.07. The molecule has 132 valence electrons. The van der Waals surface area contributed by atoms with Gasteiger partial charge in [-0.05, 0) is 25.0 Å². The number of thioether (sulfide) groups is 1. The van der Waals surface area contributed by atoms with Gasteiger partial charge in [0.05, 0.1) is 23.5 Å². The van der Waals surface area contributed by atoms with Crippen molar-refractivity contribution < 1.29 is 18.5 Å². The number of carbonyl (C=O) groups is 1. The van der Waals surface area contributed by atoms with Crippen LogP contribution in [-0.4, -0.2) is 27.9 Å². The van der Waals surface area contributed by atoms with Crippen LogP contribution in [0.15, 0.2) is 12.1 Å². The fourth-order valence-electron chi connectivity index (χ4n) is 2.97. The molecule has 5 nitrogen and oxygen atoms in total. The predicted molar refractivity (Wildman–Crippen MR) is 89.0 cm³/mol. The van der Waals surface area contributed by atoms with Crippen molar-refractivity contribution in [1.29, 1.82) is 0 Å². The Morgan fingerprint density at radius 1 is 1.38 bits per heavy atom. The molecule has 1 aromatic rings. The van der Waals surface area contributed by atoms with Gasteiger partial charge in [0.25, 0.3) is 5.69 Å². The normalized spacial score (nSPS) is 20.6. The monoisotopic (exact) mass is 358 g/mol. The first kappa shape index (κ1) is 18.6. The van der Waals surface area contributed by atoms with Crippen LogP contribution in [0.3, 0.4) is 0 Å². The van der Waals surface area contributed by atoms with Crippen molar-refractivity contribution in [3.05, 3.63) is 39.4 Å². The lowest BCUT2D eigenvalue weighted by atomic mass is 9.94. The number of non-ortho nitro benzene ring substituents is 1. The first-order valence-corrected chi connectivity index (χ1v) is 8.98. The summed E-state index contributed by atoms with van der Waals surface area (Å²) in [5.41, 5.74) is -1.10. The van der Waals surface area contributed by atoms with Gasteiger partial charge in [-0.2, -0.15) is 11.8 Å². The van der Waals surface area contributed by atoms with Crippen LogP contribution in [0, 0.1) is 21.7 Å². The average molecular weight is 358 g/mol. The lowest BCUT2D eigenvalue weighted by Crippen LogP contribution is -2.40. The molecule has 1 fully saturated rings. The second kappa shape index (κ2) is 8.41. The molecule has 1 N–H and O–H groups in total. The predicted octanol–water partition coefficient (Wildman–Crippen LogP) is 3.60. The molecule has 1 aliphatic rings. The van der Waals surface area contributed by atoms with Gasteiger partial charge in [0.1, 0.15) is 11.6 Å². The number of benzene rings is 1. The summed E-state index contributed by atoms with van der Waals surface area (Å²) < 4.78 is 27.7. The lowest BCUT2D eigenvalue weighted by molar-refractivity contribution is -0.385. The van der Waals surface area contributed by atoms with E-state index in [1.165, 1.54) is 0 Å². The molecule has 2 rings (SSSR count). The first-order chi connectivity index (χ1) is 11.4. The highest BCUT2D eigenvalue weighted by Gasteiger charge is 2.24. The SMILES string of the molecule is CCS[C@@H]1CCC[C@@H](NC(=O)Cc2c(F)cc([N+](=O)[O-])cc2F)C1. The Kier molecular flexibility index (Phi) is 6.53. The van der Waals surface area contributed by atoms with E-state index in [0.29, 0.717) is 17.4 Å². The largest absolute Gasteiger partial charge is 0.353 e. The van der Waals surface area contributed by atoms with Crippen LogP contribution >= 0.6 is 11.8 Å². The standard InChI is InChI=1S/C16H20F2N2O3S/c1-2-24-12-5-3-4-10(6-12)19-16(21)9-13-14(17)7-11(20(22)23)8-15(13)18/h7-8,10,12H,2-6,9H2,1H3,(H,19,21)/t10-,12-/m1/s1. The summed E-state index contributed by atoms with van der Waals surface area (Å²) in [6, 6.07) is 1.29. The van der Waals surface area contributed by atoms with E-state index < -0.39 is 40.1 Å². The summed E-state index contributed by atoms with van der Waals surface area (Å²) >= 11 is 1.86. The molecule has 0 saturated heterocycles. The molecule has 1 aromatic carbocycles. The van der Waals surface area contributed by atoms with Gasteiger partial charge in [0.15, 0.2) is 0 Å². The van der Waals surface area contributed by atoms with E-state index >= 15 is 0 Å². The number of carbonyl (C=O) groups excluding carboxylic acids is 1. The van der Waals surface area contributed by atoms with E-state index in [9.17, 15) is 23.7 Å². The average Bonchev–Trinajstić information content (AvgIpc) is 2.51. The van der Waals surface area contributed by atoms with E-state index in [1.807, 2.05) is 11.8 Å². The number of nitrogens with one attached hydrogen (secondary N) is 1. The van der Waals surface area contributed by atoms with Crippen LogP contribution in [0.25, 0.3) is 0 Å². The molecule has 1 saturated carbocycles. The molecule has 0 unspecified atom stereocenters. The van der Waals surface area contributed by atoms with Gasteiger partial charge in [0, 0.05) is 16.9 Å². The van der Waals surface area contributed by atoms with Crippen molar-refractivity contribution in [3.63, 3.8) is 0 Å². The van der Waals surface area contributed by atoms with Crippen molar-refractivity contribution in [2.45, 2.75) is 50.3 Å². The molecule has 0 spiro atoms. The number of hydrogen-bond acceptors (Lipinski definition) is 4. The Balaban J connectivity index is 1.98. The number of rotatable bonds is 6. The molecule has 2 atom stereocenters. The van der Waals surface area contributed by atoms with Gasteiger partial charge < -0.3 is 5.32 Å². The summed E-state index contributed by atoms with van der Waals surface area (Å²) in [4.78, 5) is 21.8. The van der Waals surface area contributed by atoms with E-state index in [2.05, 4.69) is 12.2 Å². The first-order valence-electron chi connectivity index (χ1n) is 7.94. The highest BCUT2D eigenvalue weighted by Crippen LogP contribution is 2.28. The Morgan fingerprint density at radius 2 is 2.04 bits per heavy atom. The van der Waals surface area contributed by atoms with Crippen molar-refractivity contribution in [1.82, 2.24) is 5.32 Å². The molecule has 0 bridgehead atoms. The lowest BCUT2D eigenvalue weighted by Gasteiger charge is -2.29. The Bertz CT molecular complexity index is 602. The van der Waals surface area contributed by atoms with Crippen LogP contribution in [0.5, 0.6) is 0 Å². The van der Waals surface area contributed by atoms with Crippen LogP contribution in [0.2, 0.25) is 0 Å². The van der Waals surface area contributed by atoms with Crippen LogP contribution in [0.4, 0.5) is 14.5 Å². The van der Waals surface area contributed by atoms with Crippen LogP contribution in [0.1, 0.15) is 38.2 Å². The molecule has 0 aromatic heterocycles. The minimum absolute atomic E-state index is 0.0134. The van der Waals surface area contributed by atoms with Gasteiger partial charge in [-0.1, -0.05) is 13.3 Å². The molecule has 1 amide bonds. The van der Waals surface area contributed by atoms with Gasteiger partial charge in [-0.15, -0.1) is 0 Å². The quantitative estimate of drug-likeness (QED) is 0.623. The Hall–Kier alpha value is -1.70. The van der Waals surface area contributed by atoms with Gasteiger partial charge >= 0.3 is 0 Å². The van der Waals surface area contributed by atoms with E-state index in [4.69, 9.17) is 0 Å². The van der Waals surface area contributed by atoms with Crippen molar-refractivity contribution >= 4 is 23.4 Å². The summed E-state index contributed by atoms with van der Waals surface area (Å²) in [7, 11) is 0. The molecule has 24 heavy (non-hydrogen) atoms. The highest BCUT2D eigenvalue weighted by atomic mass is 32.2. The summed E-state index contributed by atoms with van der Waals surface area (Å²) in [5.74, 6) is -1.58. The minimum atomic E-state index is -1.07.